The molecule has 0 aromatic heterocycles. The summed E-state index contributed by atoms with van der Waals surface area (Å²) in [6.45, 7) is 8.07. The Kier molecular flexibility index (Phi) is 2.87. The number of halogens is 1. The summed E-state index contributed by atoms with van der Waals surface area (Å²) in [6, 6.07) is 5.68. The SMILES string of the molecule is Cc1ccc(Cl)cc1OC(C)(C)C. The largest absolute Gasteiger partial charge is 0.488 e. The first-order valence-corrected chi connectivity index (χ1v) is 4.71. The molecule has 2 heteroatoms. The molecule has 0 atom stereocenters. The molecule has 1 aromatic rings. The molecule has 0 aliphatic carbocycles. The van der Waals surface area contributed by atoms with Crippen molar-refractivity contribution < 1.29 is 4.74 Å². The monoisotopic (exact) mass is 198 g/mol. The van der Waals surface area contributed by atoms with E-state index in [1.807, 2.05) is 45.9 Å². The number of hydrogen-bond donors (Lipinski definition) is 0. The molecule has 0 amide bonds. The number of aryl methyl sites for hydroxylation is 1. The summed E-state index contributed by atoms with van der Waals surface area (Å²) < 4.78 is 5.73. The second kappa shape index (κ2) is 3.59. The average Bonchev–Trinajstić information content (AvgIpc) is 1.94. The van der Waals surface area contributed by atoms with Gasteiger partial charge in [-0.1, -0.05) is 17.7 Å². The van der Waals surface area contributed by atoms with E-state index in [0.29, 0.717) is 5.02 Å². The highest BCUT2D eigenvalue weighted by Crippen LogP contribution is 2.25. The lowest BCUT2D eigenvalue weighted by atomic mass is 10.1. The minimum atomic E-state index is -0.171. The highest BCUT2D eigenvalue weighted by molar-refractivity contribution is 6.30. The van der Waals surface area contributed by atoms with Gasteiger partial charge in [-0.05, 0) is 45.4 Å². The summed E-state index contributed by atoms with van der Waals surface area (Å²) >= 11 is 5.87. The van der Waals surface area contributed by atoms with Gasteiger partial charge >= 0.3 is 0 Å². The summed E-state index contributed by atoms with van der Waals surface area (Å²) in [4.78, 5) is 0. The third kappa shape index (κ3) is 3.27. The predicted molar refractivity (Wildman–Crippen MR) is 56.6 cm³/mol. The Morgan fingerprint density at radius 3 is 2.38 bits per heavy atom. The first-order valence-electron chi connectivity index (χ1n) is 4.34. The molecule has 0 aliphatic heterocycles. The Balaban J connectivity index is 2.94. The summed E-state index contributed by atoms with van der Waals surface area (Å²) in [6.07, 6.45) is 0. The molecule has 1 rings (SSSR count). The standard InChI is InChI=1S/C11H15ClO/c1-8-5-6-9(12)7-10(8)13-11(2,3)4/h5-7H,1-4H3. The topological polar surface area (TPSA) is 9.23 Å². The third-order valence-electron chi connectivity index (χ3n) is 1.57. The van der Waals surface area contributed by atoms with E-state index >= 15 is 0 Å². The van der Waals surface area contributed by atoms with Crippen LogP contribution >= 0.6 is 11.6 Å². The van der Waals surface area contributed by atoms with Gasteiger partial charge in [0.2, 0.25) is 0 Å². The van der Waals surface area contributed by atoms with Crippen molar-refractivity contribution in [3.8, 4) is 5.75 Å². The molecule has 72 valence electrons. The van der Waals surface area contributed by atoms with Crippen LogP contribution in [-0.4, -0.2) is 5.60 Å². The lowest BCUT2D eigenvalue weighted by Gasteiger charge is -2.22. The lowest BCUT2D eigenvalue weighted by molar-refractivity contribution is 0.130. The number of ether oxygens (including phenoxy) is 1. The predicted octanol–water partition coefficient (Wildman–Crippen LogP) is 3.83. The highest BCUT2D eigenvalue weighted by atomic mass is 35.5. The molecule has 0 unspecified atom stereocenters. The van der Waals surface area contributed by atoms with Crippen molar-refractivity contribution in [2.75, 3.05) is 0 Å². The summed E-state index contributed by atoms with van der Waals surface area (Å²) in [5.41, 5.74) is 0.939. The maximum Gasteiger partial charge on any atom is 0.124 e. The molecule has 0 heterocycles. The highest BCUT2D eigenvalue weighted by Gasteiger charge is 2.13. The van der Waals surface area contributed by atoms with E-state index in [0.717, 1.165) is 11.3 Å². The Labute approximate surface area is 84.7 Å². The summed E-state index contributed by atoms with van der Waals surface area (Å²) in [5.74, 6) is 0.861. The summed E-state index contributed by atoms with van der Waals surface area (Å²) in [5, 5.41) is 0.713. The van der Waals surface area contributed by atoms with Crippen LogP contribution in [0.4, 0.5) is 0 Å². The van der Waals surface area contributed by atoms with Gasteiger partial charge in [-0.25, -0.2) is 0 Å². The lowest BCUT2D eigenvalue weighted by Crippen LogP contribution is -2.23. The average molecular weight is 199 g/mol. The molecule has 1 aromatic carbocycles. The van der Waals surface area contributed by atoms with E-state index < -0.39 is 0 Å². The molecule has 13 heavy (non-hydrogen) atoms. The minimum Gasteiger partial charge on any atom is -0.488 e. The second-order valence-electron chi connectivity index (χ2n) is 4.12. The van der Waals surface area contributed by atoms with E-state index in [-0.39, 0.29) is 5.60 Å². The van der Waals surface area contributed by atoms with Crippen LogP contribution in [0.3, 0.4) is 0 Å². The number of benzene rings is 1. The van der Waals surface area contributed by atoms with Crippen molar-refractivity contribution in [2.24, 2.45) is 0 Å². The fourth-order valence-corrected chi connectivity index (χ4v) is 1.18. The van der Waals surface area contributed by atoms with Gasteiger partial charge in [0.15, 0.2) is 0 Å². The van der Waals surface area contributed by atoms with Crippen LogP contribution in [0, 0.1) is 6.92 Å². The van der Waals surface area contributed by atoms with E-state index in [4.69, 9.17) is 16.3 Å². The van der Waals surface area contributed by atoms with Crippen LogP contribution in [0.5, 0.6) is 5.75 Å². The fraction of sp³-hybridized carbons (Fsp3) is 0.455. The number of rotatable bonds is 1. The molecular formula is C11H15ClO. The van der Waals surface area contributed by atoms with Gasteiger partial charge in [0.25, 0.3) is 0 Å². The van der Waals surface area contributed by atoms with Gasteiger partial charge in [-0.15, -0.1) is 0 Å². The maximum atomic E-state index is 5.87. The number of hydrogen-bond acceptors (Lipinski definition) is 1. The van der Waals surface area contributed by atoms with Crippen LogP contribution in [0.25, 0.3) is 0 Å². The zero-order valence-electron chi connectivity index (χ0n) is 8.52. The first-order chi connectivity index (χ1) is 5.88. The molecule has 1 nitrogen and oxygen atoms in total. The normalized spacial score (nSPS) is 11.5. The van der Waals surface area contributed by atoms with E-state index in [1.54, 1.807) is 0 Å². The van der Waals surface area contributed by atoms with E-state index in [9.17, 15) is 0 Å². The molecule has 0 aliphatic rings. The Morgan fingerprint density at radius 2 is 1.85 bits per heavy atom. The van der Waals surface area contributed by atoms with Crippen molar-refractivity contribution in [1.29, 1.82) is 0 Å². The van der Waals surface area contributed by atoms with Crippen molar-refractivity contribution in [2.45, 2.75) is 33.3 Å². The molecule has 0 N–H and O–H groups in total. The smallest absolute Gasteiger partial charge is 0.124 e. The van der Waals surface area contributed by atoms with Crippen molar-refractivity contribution in [3.05, 3.63) is 28.8 Å². The molecule has 0 fully saturated rings. The third-order valence-corrected chi connectivity index (χ3v) is 1.80. The van der Waals surface area contributed by atoms with Gasteiger partial charge in [-0.2, -0.15) is 0 Å². The Morgan fingerprint density at radius 1 is 1.23 bits per heavy atom. The van der Waals surface area contributed by atoms with Gasteiger partial charge in [0.1, 0.15) is 11.4 Å². The molecule has 0 spiro atoms. The van der Waals surface area contributed by atoms with Crippen LogP contribution in [0.2, 0.25) is 5.02 Å². The Hall–Kier alpha value is -0.690. The molecule has 0 radical (unpaired) electrons. The van der Waals surface area contributed by atoms with Crippen molar-refractivity contribution in [1.82, 2.24) is 0 Å². The van der Waals surface area contributed by atoms with Crippen LogP contribution < -0.4 is 4.74 Å². The zero-order chi connectivity index (χ0) is 10.1. The van der Waals surface area contributed by atoms with Crippen LogP contribution in [0.15, 0.2) is 18.2 Å². The summed E-state index contributed by atoms with van der Waals surface area (Å²) in [7, 11) is 0. The van der Waals surface area contributed by atoms with E-state index in [2.05, 4.69) is 0 Å². The van der Waals surface area contributed by atoms with Crippen LogP contribution in [-0.2, 0) is 0 Å². The second-order valence-corrected chi connectivity index (χ2v) is 4.56. The zero-order valence-corrected chi connectivity index (χ0v) is 9.27. The fourth-order valence-electron chi connectivity index (χ4n) is 1.01. The van der Waals surface area contributed by atoms with Gasteiger partial charge < -0.3 is 4.74 Å². The quantitative estimate of drug-likeness (QED) is 0.667. The van der Waals surface area contributed by atoms with Gasteiger partial charge in [-0.3, -0.25) is 0 Å². The molecule has 0 saturated heterocycles. The first kappa shape index (κ1) is 10.4. The van der Waals surface area contributed by atoms with Gasteiger partial charge in [0, 0.05) is 5.02 Å². The minimum absolute atomic E-state index is 0.171. The Bertz CT molecular complexity index is 299. The van der Waals surface area contributed by atoms with Crippen molar-refractivity contribution in [3.63, 3.8) is 0 Å². The molecule has 0 bridgehead atoms. The van der Waals surface area contributed by atoms with Crippen LogP contribution in [0.1, 0.15) is 26.3 Å². The molecule has 0 saturated carbocycles. The van der Waals surface area contributed by atoms with Gasteiger partial charge in [0.05, 0.1) is 0 Å². The maximum absolute atomic E-state index is 5.87. The molecular weight excluding hydrogens is 184 g/mol. The van der Waals surface area contributed by atoms with E-state index in [1.165, 1.54) is 0 Å². The van der Waals surface area contributed by atoms with Crippen molar-refractivity contribution >= 4 is 11.6 Å².